The van der Waals surface area contributed by atoms with Gasteiger partial charge in [0, 0.05) is 37.2 Å². The highest BCUT2D eigenvalue weighted by molar-refractivity contribution is 5.78. The van der Waals surface area contributed by atoms with Crippen LogP contribution in [0.5, 0.6) is 0 Å². The summed E-state index contributed by atoms with van der Waals surface area (Å²) in [6.45, 7) is 33.4. The zero-order valence-electron chi connectivity index (χ0n) is 38.8. The average Bonchev–Trinajstić information content (AvgIpc) is 3.04. The standard InChI is InChI=1S/C47H95N3O4/c1-15-19-23-29-46(13,30-24-20-16-2)49-39-43(7,8)38-42(5,6)36-40(51)48-34-27-28-45(11,12)53-35-33-44(9,10)50-41(52)37-54-47(14,31-25-21-17-3)32-26-22-18-4/h49H,15-39H2,1-14H3,(H,48,51)(H,50,52). The van der Waals surface area contributed by atoms with Crippen LogP contribution in [-0.2, 0) is 19.1 Å². The number of rotatable bonds is 35. The van der Waals surface area contributed by atoms with Crippen molar-refractivity contribution in [2.24, 2.45) is 10.8 Å². The minimum Gasteiger partial charge on any atom is -0.375 e. The highest BCUT2D eigenvalue weighted by Crippen LogP contribution is 2.37. The van der Waals surface area contributed by atoms with Crippen molar-refractivity contribution in [1.29, 1.82) is 0 Å². The van der Waals surface area contributed by atoms with Crippen LogP contribution in [-0.4, -0.2) is 60.4 Å². The summed E-state index contributed by atoms with van der Waals surface area (Å²) < 4.78 is 12.6. The van der Waals surface area contributed by atoms with E-state index in [-0.39, 0.29) is 46.0 Å². The van der Waals surface area contributed by atoms with Gasteiger partial charge in [-0.1, -0.05) is 132 Å². The second-order valence-electron chi connectivity index (χ2n) is 20.4. The Morgan fingerprint density at radius 3 is 1.54 bits per heavy atom. The van der Waals surface area contributed by atoms with Crippen LogP contribution in [0, 0.1) is 10.8 Å². The summed E-state index contributed by atoms with van der Waals surface area (Å²) in [6.07, 6.45) is 23.1. The number of hydrogen-bond donors (Lipinski definition) is 3. The predicted octanol–water partition coefficient (Wildman–Crippen LogP) is 12.2. The third kappa shape index (κ3) is 27.4. The topological polar surface area (TPSA) is 88.7 Å². The molecule has 0 rings (SSSR count). The summed E-state index contributed by atoms with van der Waals surface area (Å²) in [4.78, 5) is 26.0. The maximum atomic E-state index is 13.1. The summed E-state index contributed by atoms with van der Waals surface area (Å²) in [5.74, 6) is 0.0735. The fourth-order valence-electron chi connectivity index (χ4n) is 8.08. The second kappa shape index (κ2) is 26.7. The van der Waals surface area contributed by atoms with Gasteiger partial charge in [0.05, 0.1) is 11.2 Å². The van der Waals surface area contributed by atoms with Gasteiger partial charge in [-0.15, -0.1) is 0 Å². The molecule has 3 N–H and O–H groups in total. The summed E-state index contributed by atoms with van der Waals surface area (Å²) in [6, 6.07) is 0. The van der Waals surface area contributed by atoms with E-state index in [0.29, 0.717) is 26.0 Å². The SMILES string of the molecule is CCCCCC(C)(CCCCC)NCC(C)(C)CC(C)(C)CC(=O)NCCCC(C)(C)OCCC(C)(C)NC(=O)COC(C)(CCCCC)CCCCC. The highest BCUT2D eigenvalue weighted by atomic mass is 16.5. The maximum Gasteiger partial charge on any atom is 0.246 e. The molecule has 7 nitrogen and oxygen atoms in total. The van der Waals surface area contributed by atoms with Crippen LogP contribution in [0.15, 0.2) is 0 Å². The van der Waals surface area contributed by atoms with E-state index in [2.05, 4.69) is 113 Å². The summed E-state index contributed by atoms with van der Waals surface area (Å²) in [7, 11) is 0. The van der Waals surface area contributed by atoms with Crippen LogP contribution in [0.2, 0.25) is 0 Å². The molecule has 54 heavy (non-hydrogen) atoms. The molecule has 7 heteroatoms. The van der Waals surface area contributed by atoms with Gasteiger partial charge in [0.15, 0.2) is 0 Å². The average molecular weight is 766 g/mol. The van der Waals surface area contributed by atoms with E-state index in [0.717, 1.165) is 51.5 Å². The first kappa shape index (κ1) is 52.8. The molecule has 0 fully saturated rings. The Hall–Kier alpha value is -1.18. The molecule has 0 aromatic heterocycles. The van der Waals surface area contributed by atoms with Crippen LogP contribution in [0.25, 0.3) is 0 Å². The molecule has 0 aliphatic heterocycles. The van der Waals surface area contributed by atoms with E-state index < -0.39 is 5.54 Å². The number of ether oxygens (including phenoxy) is 2. The number of carbonyl (C=O) groups is 2. The molecular weight excluding hydrogens is 671 g/mol. The summed E-state index contributed by atoms with van der Waals surface area (Å²) >= 11 is 0. The van der Waals surface area contributed by atoms with E-state index >= 15 is 0 Å². The van der Waals surface area contributed by atoms with Crippen molar-refractivity contribution in [3.05, 3.63) is 0 Å². The highest BCUT2D eigenvalue weighted by Gasteiger charge is 2.33. The molecule has 0 saturated heterocycles. The van der Waals surface area contributed by atoms with E-state index in [1.165, 1.54) is 77.0 Å². The van der Waals surface area contributed by atoms with Gasteiger partial charge in [-0.25, -0.2) is 0 Å². The Morgan fingerprint density at radius 1 is 0.537 bits per heavy atom. The monoisotopic (exact) mass is 766 g/mol. The first-order valence-corrected chi connectivity index (χ1v) is 22.7. The Bertz CT molecular complexity index is 969. The van der Waals surface area contributed by atoms with Gasteiger partial charge >= 0.3 is 0 Å². The molecule has 0 heterocycles. The van der Waals surface area contributed by atoms with Crippen molar-refractivity contribution >= 4 is 11.8 Å². The predicted molar refractivity (Wildman–Crippen MR) is 233 cm³/mol. The lowest BCUT2D eigenvalue weighted by atomic mass is 9.72. The third-order valence-corrected chi connectivity index (χ3v) is 11.4. The van der Waals surface area contributed by atoms with Crippen molar-refractivity contribution in [2.75, 3.05) is 26.3 Å². The van der Waals surface area contributed by atoms with Crippen molar-refractivity contribution < 1.29 is 19.1 Å². The molecule has 0 unspecified atom stereocenters. The van der Waals surface area contributed by atoms with Gasteiger partial charge < -0.3 is 25.4 Å². The minimum absolute atomic E-state index is 0.0609. The molecule has 0 saturated carbocycles. The molecule has 0 aromatic carbocycles. The van der Waals surface area contributed by atoms with Gasteiger partial charge in [-0.3, -0.25) is 9.59 Å². The van der Waals surface area contributed by atoms with Crippen LogP contribution >= 0.6 is 0 Å². The third-order valence-electron chi connectivity index (χ3n) is 11.4. The first-order valence-electron chi connectivity index (χ1n) is 22.7. The molecule has 2 amide bonds. The fourth-order valence-corrected chi connectivity index (χ4v) is 8.08. The van der Waals surface area contributed by atoms with Crippen LogP contribution < -0.4 is 16.0 Å². The molecule has 0 bridgehead atoms. The number of unbranched alkanes of at least 4 members (excludes halogenated alkanes) is 8. The number of hydrogen-bond acceptors (Lipinski definition) is 5. The van der Waals surface area contributed by atoms with E-state index in [9.17, 15) is 9.59 Å². The van der Waals surface area contributed by atoms with Gasteiger partial charge in [0.25, 0.3) is 0 Å². The van der Waals surface area contributed by atoms with Gasteiger partial charge in [-0.05, 0) is 104 Å². The van der Waals surface area contributed by atoms with Crippen LogP contribution in [0.4, 0.5) is 0 Å². The Morgan fingerprint density at radius 2 is 1.04 bits per heavy atom. The largest absolute Gasteiger partial charge is 0.375 e. The lowest BCUT2D eigenvalue weighted by molar-refractivity contribution is -0.135. The lowest BCUT2D eigenvalue weighted by Crippen LogP contribution is -2.47. The number of nitrogens with one attached hydrogen (secondary N) is 3. The quantitative estimate of drug-likeness (QED) is 0.0559. The Labute approximate surface area is 337 Å². The molecule has 0 aliphatic rings. The zero-order chi connectivity index (χ0) is 41.4. The Kier molecular flexibility index (Phi) is 26.1. The molecule has 0 atom stereocenters. The van der Waals surface area contributed by atoms with Crippen molar-refractivity contribution in [2.45, 2.75) is 254 Å². The van der Waals surface area contributed by atoms with E-state index in [4.69, 9.17) is 9.47 Å². The van der Waals surface area contributed by atoms with Crippen molar-refractivity contribution in [3.63, 3.8) is 0 Å². The zero-order valence-corrected chi connectivity index (χ0v) is 38.8. The smallest absolute Gasteiger partial charge is 0.246 e. The van der Waals surface area contributed by atoms with Gasteiger partial charge in [0.2, 0.25) is 11.8 Å². The van der Waals surface area contributed by atoms with Crippen molar-refractivity contribution in [3.8, 4) is 0 Å². The molecule has 0 spiro atoms. The Balaban J connectivity index is 4.70. The summed E-state index contributed by atoms with van der Waals surface area (Å²) in [5, 5.41) is 10.4. The van der Waals surface area contributed by atoms with Gasteiger partial charge in [0.1, 0.15) is 6.61 Å². The molecule has 322 valence electrons. The van der Waals surface area contributed by atoms with E-state index in [1.54, 1.807) is 0 Å². The van der Waals surface area contributed by atoms with Crippen LogP contribution in [0.3, 0.4) is 0 Å². The maximum absolute atomic E-state index is 13.1. The van der Waals surface area contributed by atoms with Gasteiger partial charge in [-0.2, -0.15) is 0 Å². The first-order chi connectivity index (χ1) is 25.1. The van der Waals surface area contributed by atoms with Crippen LogP contribution in [0.1, 0.15) is 232 Å². The molecule has 0 aliphatic carbocycles. The lowest BCUT2D eigenvalue weighted by Gasteiger charge is -2.39. The fraction of sp³-hybridized carbons (Fsp3) is 0.957. The molecule has 0 radical (unpaired) electrons. The second-order valence-corrected chi connectivity index (χ2v) is 20.4. The molecular formula is C47H95N3O4. The summed E-state index contributed by atoms with van der Waals surface area (Å²) in [5.41, 5.74) is -0.764. The van der Waals surface area contributed by atoms with E-state index in [1.807, 2.05) is 0 Å². The number of carbonyl (C=O) groups excluding carboxylic acids is 2. The van der Waals surface area contributed by atoms with Crippen molar-refractivity contribution in [1.82, 2.24) is 16.0 Å². The number of amides is 2. The normalized spacial score (nSPS) is 13.4. The minimum atomic E-state index is -0.397. The molecule has 0 aromatic rings.